The van der Waals surface area contributed by atoms with Gasteiger partial charge in [0.05, 0.1) is 11.0 Å². The van der Waals surface area contributed by atoms with E-state index >= 15 is 0 Å². The Morgan fingerprint density at radius 3 is 2.31 bits per heavy atom. The Labute approximate surface area is 199 Å². The minimum atomic E-state index is -0.834. The molecule has 9 heteroatoms. The molecular weight excluding hydrogens is 454 g/mol. The van der Waals surface area contributed by atoms with Crippen molar-refractivity contribution in [2.45, 2.75) is 25.9 Å². The molecule has 0 atom stereocenters. The van der Waals surface area contributed by atoms with Crippen LogP contribution >= 0.6 is 0 Å². The summed E-state index contributed by atoms with van der Waals surface area (Å²) in [6.07, 6.45) is 0.128. The molecule has 0 bridgehead atoms. The van der Waals surface area contributed by atoms with Crippen molar-refractivity contribution in [2.24, 2.45) is 0 Å². The number of nitrogens with one attached hydrogen (secondary N) is 2. The van der Waals surface area contributed by atoms with Gasteiger partial charge in [-0.3, -0.25) is 19.0 Å². The zero-order valence-electron chi connectivity index (χ0n) is 18.6. The molecule has 0 fully saturated rings. The van der Waals surface area contributed by atoms with Crippen LogP contribution in [0.4, 0.5) is 14.5 Å². The summed E-state index contributed by atoms with van der Waals surface area (Å²) in [5.74, 6) is -2.54. The third-order valence-corrected chi connectivity index (χ3v) is 5.29. The highest BCUT2D eigenvalue weighted by atomic mass is 19.1. The molecule has 0 aliphatic rings. The van der Waals surface area contributed by atoms with Crippen LogP contribution in [0.3, 0.4) is 0 Å². The van der Waals surface area contributed by atoms with Crippen molar-refractivity contribution >= 4 is 28.5 Å². The summed E-state index contributed by atoms with van der Waals surface area (Å²) in [4.78, 5) is 42.4. The fraction of sp³-hybridized carbons (Fsp3) is 0.154. The Bertz CT molecular complexity index is 1420. The fourth-order valence-corrected chi connectivity index (χ4v) is 3.65. The van der Waals surface area contributed by atoms with Crippen LogP contribution in [-0.2, 0) is 29.1 Å². The van der Waals surface area contributed by atoms with Gasteiger partial charge in [0.1, 0.15) is 23.9 Å². The number of aromatic nitrogens is 2. The number of carbonyl (C=O) groups is 2. The highest BCUT2D eigenvalue weighted by molar-refractivity contribution is 5.91. The number of hydrogen-bond acceptors (Lipinski definition) is 4. The van der Waals surface area contributed by atoms with E-state index in [-0.39, 0.29) is 30.1 Å². The van der Waals surface area contributed by atoms with Crippen LogP contribution in [0.15, 0.2) is 77.6 Å². The van der Waals surface area contributed by atoms with Crippen molar-refractivity contribution in [3.05, 3.63) is 106 Å². The number of fused-ring (bicyclic) bond motifs is 1. The van der Waals surface area contributed by atoms with E-state index in [1.165, 1.54) is 4.57 Å². The molecule has 2 amide bonds. The molecular formula is C26H22F2N4O3. The van der Waals surface area contributed by atoms with Crippen molar-refractivity contribution < 1.29 is 18.4 Å². The van der Waals surface area contributed by atoms with E-state index in [2.05, 4.69) is 15.6 Å². The summed E-state index contributed by atoms with van der Waals surface area (Å²) in [7, 11) is 0. The standard InChI is InChI=1S/C26H22F2N4O3/c27-18-12-19(28)14-20(13-18)30-25(34)16-32-23-9-5-4-8-21(23)31-22(26(32)35)10-11-24(33)29-15-17-6-2-1-3-7-17/h1-9,12-14H,10-11,15-16H2,(H,29,33)(H,30,34). The fourth-order valence-electron chi connectivity index (χ4n) is 3.65. The minimum Gasteiger partial charge on any atom is -0.352 e. The van der Waals surface area contributed by atoms with E-state index in [1.807, 2.05) is 30.3 Å². The summed E-state index contributed by atoms with van der Waals surface area (Å²) in [6.45, 7) is -0.0247. The highest BCUT2D eigenvalue weighted by Gasteiger charge is 2.15. The Hall–Kier alpha value is -4.40. The molecule has 7 nitrogen and oxygen atoms in total. The Morgan fingerprint density at radius 2 is 1.57 bits per heavy atom. The quantitative estimate of drug-likeness (QED) is 0.407. The van der Waals surface area contributed by atoms with Gasteiger partial charge in [-0.2, -0.15) is 0 Å². The zero-order chi connectivity index (χ0) is 24.8. The molecule has 1 aromatic heterocycles. The predicted molar refractivity (Wildman–Crippen MR) is 128 cm³/mol. The van der Waals surface area contributed by atoms with Gasteiger partial charge >= 0.3 is 0 Å². The zero-order valence-corrected chi connectivity index (χ0v) is 18.6. The highest BCUT2D eigenvalue weighted by Crippen LogP contribution is 2.14. The summed E-state index contributed by atoms with van der Waals surface area (Å²) in [5.41, 5.74) is 1.43. The average Bonchev–Trinajstić information content (AvgIpc) is 2.83. The molecule has 0 aliphatic carbocycles. The van der Waals surface area contributed by atoms with Crippen LogP contribution in [0.2, 0.25) is 0 Å². The number of nitrogens with zero attached hydrogens (tertiary/aromatic N) is 2. The number of aryl methyl sites for hydroxylation is 1. The van der Waals surface area contributed by atoms with E-state index in [1.54, 1.807) is 24.3 Å². The van der Waals surface area contributed by atoms with Crippen molar-refractivity contribution in [1.29, 1.82) is 0 Å². The molecule has 35 heavy (non-hydrogen) atoms. The number of benzene rings is 3. The smallest absolute Gasteiger partial charge is 0.273 e. The first kappa shape index (κ1) is 23.7. The van der Waals surface area contributed by atoms with Crippen molar-refractivity contribution in [3.8, 4) is 0 Å². The molecule has 0 spiro atoms. The van der Waals surface area contributed by atoms with Gasteiger partial charge in [-0.1, -0.05) is 42.5 Å². The van der Waals surface area contributed by atoms with E-state index in [0.717, 1.165) is 17.7 Å². The summed E-state index contributed by atoms with van der Waals surface area (Å²) < 4.78 is 28.1. The second-order valence-corrected chi connectivity index (χ2v) is 7.91. The molecule has 178 valence electrons. The number of carbonyl (C=O) groups excluding carboxylic acids is 2. The van der Waals surface area contributed by atoms with E-state index in [4.69, 9.17) is 0 Å². The molecule has 0 unspecified atom stereocenters. The van der Waals surface area contributed by atoms with Gasteiger partial charge in [0, 0.05) is 31.1 Å². The number of para-hydroxylation sites is 2. The second-order valence-electron chi connectivity index (χ2n) is 7.91. The average molecular weight is 476 g/mol. The van der Waals surface area contributed by atoms with Crippen LogP contribution in [0.1, 0.15) is 17.7 Å². The molecule has 4 rings (SSSR count). The van der Waals surface area contributed by atoms with Crippen LogP contribution in [0.5, 0.6) is 0 Å². The molecule has 0 saturated heterocycles. The first-order valence-corrected chi connectivity index (χ1v) is 10.9. The van der Waals surface area contributed by atoms with E-state index in [9.17, 15) is 23.2 Å². The largest absolute Gasteiger partial charge is 0.352 e. The molecule has 0 saturated carbocycles. The first-order chi connectivity index (χ1) is 16.9. The topological polar surface area (TPSA) is 93.1 Å². The van der Waals surface area contributed by atoms with Gasteiger partial charge in [-0.05, 0) is 29.8 Å². The van der Waals surface area contributed by atoms with E-state index < -0.39 is 29.6 Å². The van der Waals surface area contributed by atoms with Crippen LogP contribution in [0, 0.1) is 11.6 Å². The van der Waals surface area contributed by atoms with Gasteiger partial charge in [0.25, 0.3) is 5.56 Å². The van der Waals surface area contributed by atoms with Crippen LogP contribution in [-0.4, -0.2) is 21.4 Å². The summed E-state index contributed by atoms with van der Waals surface area (Å²) >= 11 is 0. The van der Waals surface area contributed by atoms with Gasteiger partial charge in [0.15, 0.2) is 0 Å². The number of amides is 2. The molecule has 1 heterocycles. The Balaban J connectivity index is 1.50. The van der Waals surface area contributed by atoms with Gasteiger partial charge in [-0.15, -0.1) is 0 Å². The van der Waals surface area contributed by atoms with Gasteiger partial charge in [0.2, 0.25) is 11.8 Å². The SMILES string of the molecule is O=C(CCc1nc2ccccc2n(CC(=O)Nc2cc(F)cc(F)c2)c1=O)NCc1ccccc1. The molecule has 0 radical (unpaired) electrons. The molecule has 2 N–H and O–H groups in total. The molecule has 4 aromatic rings. The Kier molecular flexibility index (Phi) is 7.25. The maximum atomic E-state index is 13.4. The molecule has 0 aliphatic heterocycles. The third-order valence-electron chi connectivity index (χ3n) is 5.29. The molecule has 3 aromatic carbocycles. The number of halogens is 2. The first-order valence-electron chi connectivity index (χ1n) is 10.9. The normalized spacial score (nSPS) is 10.8. The lowest BCUT2D eigenvalue weighted by atomic mass is 10.2. The predicted octanol–water partition coefficient (Wildman–Crippen LogP) is 3.56. The number of hydrogen-bond donors (Lipinski definition) is 2. The monoisotopic (exact) mass is 476 g/mol. The Morgan fingerprint density at radius 1 is 0.886 bits per heavy atom. The van der Waals surface area contributed by atoms with Crippen LogP contribution in [0.25, 0.3) is 11.0 Å². The third kappa shape index (κ3) is 6.14. The lowest BCUT2D eigenvalue weighted by Gasteiger charge is -2.13. The van der Waals surface area contributed by atoms with Gasteiger partial charge < -0.3 is 10.6 Å². The number of rotatable bonds is 8. The maximum absolute atomic E-state index is 13.4. The number of anilines is 1. The van der Waals surface area contributed by atoms with E-state index in [0.29, 0.717) is 23.6 Å². The van der Waals surface area contributed by atoms with Crippen molar-refractivity contribution in [1.82, 2.24) is 14.9 Å². The summed E-state index contributed by atoms with van der Waals surface area (Å²) in [5, 5.41) is 5.21. The lowest BCUT2D eigenvalue weighted by Crippen LogP contribution is -2.32. The maximum Gasteiger partial charge on any atom is 0.273 e. The van der Waals surface area contributed by atoms with Crippen molar-refractivity contribution in [3.63, 3.8) is 0 Å². The van der Waals surface area contributed by atoms with Gasteiger partial charge in [-0.25, -0.2) is 13.8 Å². The minimum absolute atomic E-state index is 0.0438. The lowest BCUT2D eigenvalue weighted by molar-refractivity contribution is -0.121. The second kappa shape index (κ2) is 10.7. The van der Waals surface area contributed by atoms with Crippen molar-refractivity contribution in [2.75, 3.05) is 5.32 Å². The van der Waals surface area contributed by atoms with Crippen LogP contribution < -0.4 is 16.2 Å². The summed E-state index contributed by atoms with van der Waals surface area (Å²) in [6, 6.07) is 18.9.